The Hall–Kier alpha value is -1.14. The summed E-state index contributed by atoms with van der Waals surface area (Å²) in [6.45, 7) is 5.09. The van der Waals surface area contributed by atoms with Crippen LogP contribution in [0.3, 0.4) is 0 Å². The minimum absolute atomic E-state index is 0.175. The summed E-state index contributed by atoms with van der Waals surface area (Å²) < 4.78 is 1.90. The molecule has 3 N–H and O–H groups in total. The minimum Gasteiger partial charge on any atom is -0.271 e. The minimum atomic E-state index is -0.175. The van der Waals surface area contributed by atoms with Gasteiger partial charge in [-0.3, -0.25) is 11.3 Å². The van der Waals surface area contributed by atoms with Crippen LogP contribution in [0.15, 0.2) is 24.5 Å². The van der Waals surface area contributed by atoms with Crippen LogP contribution in [0.1, 0.15) is 31.3 Å². The van der Waals surface area contributed by atoms with Crippen molar-refractivity contribution >= 4 is 23.2 Å². The lowest BCUT2D eigenvalue weighted by molar-refractivity contribution is 0.446. The van der Waals surface area contributed by atoms with E-state index >= 15 is 0 Å². The number of nitrogens with two attached hydrogens (primary N) is 1. The number of halogens is 2. The highest BCUT2D eigenvalue weighted by atomic mass is 35.5. The van der Waals surface area contributed by atoms with E-state index in [-0.39, 0.29) is 6.04 Å². The topological polar surface area (TPSA) is 68.8 Å². The predicted molar refractivity (Wildman–Crippen MR) is 85.1 cm³/mol. The second-order valence-corrected chi connectivity index (χ2v) is 6.10. The first kappa shape index (κ1) is 16.2. The molecular formula is C14H19Cl2N5. The lowest BCUT2D eigenvalue weighted by Gasteiger charge is -2.18. The van der Waals surface area contributed by atoms with Crippen LogP contribution in [-0.4, -0.2) is 14.8 Å². The van der Waals surface area contributed by atoms with Gasteiger partial charge in [-0.05, 0) is 17.5 Å². The van der Waals surface area contributed by atoms with Gasteiger partial charge in [0.1, 0.15) is 12.2 Å². The molecule has 5 nitrogen and oxygen atoms in total. The van der Waals surface area contributed by atoms with Crippen molar-refractivity contribution in [3.63, 3.8) is 0 Å². The van der Waals surface area contributed by atoms with E-state index in [0.717, 1.165) is 17.9 Å². The molecule has 2 rings (SSSR count). The standard InChI is InChI=1S/C14H19Cl2N5/c1-9(2)7-21-13(18-8-19-21)6-12(20-17)10-4-3-5-11(15)14(10)16/h3-5,8-9,12,20H,6-7,17H2,1-2H3. The van der Waals surface area contributed by atoms with Crippen LogP contribution >= 0.6 is 23.2 Å². The van der Waals surface area contributed by atoms with Crippen molar-refractivity contribution < 1.29 is 0 Å². The Labute approximate surface area is 134 Å². The summed E-state index contributed by atoms with van der Waals surface area (Å²) in [7, 11) is 0. The zero-order valence-corrected chi connectivity index (χ0v) is 13.6. The van der Waals surface area contributed by atoms with Crippen LogP contribution < -0.4 is 11.3 Å². The van der Waals surface area contributed by atoms with E-state index in [9.17, 15) is 0 Å². The van der Waals surface area contributed by atoms with E-state index in [4.69, 9.17) is 29.0 Å². The van der Waals surface area contributed by atoms with Gasteiger partial charge < -0.3 is 0 Å². The Morgan fingerprint density at radius 3 is 2.76 bits per heavy atom. The molecule has 0 radical (unpaired) electrons. The molecule has 0 spiro atoms. The fraction of sp³-hybridized carbons (Fsp3) is 0.429. The van der Waals surface area contributed by atoms with Crippen molar-refractivity contribution in [2.24, 2.45) is 11.8 Å². The molecule has 0 aliphatic carbocycles. The van der Waals surface area contributed by atoms with E-state index < -0.39 is 0 Å². The van der Waals surface area contributed by atoms with Crippen LogP contribution in [0.5, 0.6) is 0 Å². The summed E-state index contributed by atoms with van der Waals surface area (Å²) in [4.78, 5) is 4.31. The summed E-state index contributed by atoms with van der Waals surface area (Å²) in [6, 6.07) is 5.34. The molecule has 7 heteroatoms. The van der Waals surface area contributed by atoms with Gasteiger partial charge in [-0.2, -0.15) is 5.10 Å². The Morgan fingerprint density at radius 2 is 2.10 bits per heavy atom. The maximum atomic E-state index is 6.26. The second-order valence-electron chi connectivity index (χ2n) is 5.32. The first-order chi connectivity index (χ1) is 10.0. The van der Waals surface area contributed by atoms with E-state index in [1.54, 1.807) is 12.4 Å². The maximum absolute atomic E-state index is 6.26. The van der Waals surface area contributed by atoms with Gasteiger partial charge in [-0.15, -0.1) is 0 Å². The molecule has 1 heterocycles. The summed E-state index contributed by atoms with van der Waals surface area (Å²) in [5.41, 5.74) is 3.63. The van der Waals surface area contributed by atoms with E-state index in [0.29, 0.717) is 22.4 Å². The van der Waals surface area contributed by atoms with Gasteiger partial charge in [-0.1, -0.05) is 49.2 Å². The molecule has 0 aliphatic heterocycles. The number of nitrogens with zero attached hydrogens (tertiary/aromatic N) is 3. The second kappa shape index (κ2) is 7.22. The number of aromatic nitrogens is 3. The molecule has 1 aromatic heterocycles. The number of benzene rings is 1. The normalized spacial score (nSPS) is 12.9. The number of nitrogens with one attached hydrogen (secondary N) is 1. The third-order valence-electron chi connectivity index (χ3n) is 3.18. The monoisotopic (exact) mass is 327 g/mol. The maximum Gasteiger partial charge on any atom is 0.138 e. The first-order valence-electron chi connectivity index (χ1n) is 6.79. The summed E-state index contributed by atoms with van der Waals surface area (Å²) in [6.07, 6.45) is 2.15. The van der Waals surface area contributed by atoms with Crippen molar-refractivity contribution in [2.75, 3.05) is 0 Å². The van der Waals surface area contributed by atoms with Gasteiger partial charge in [0.15, 0.2) is 0 Å². The smallest absolute Gasteiger partial charge is 0.138 e. The van der Waals surface area contributed by atoms with Gasteiger partial charge in [0.25, 0.3) is 0 Å². The molecule has 0 amide bonds. The fourth-order valence-corrected chi connectivity index (χ4v) is 2.61. The summed E-state index contributed by atoms with van der Waals surface area (Å²) in [5.74, 6) is 7.04. The van der Waals surface area contributed by atoms with Crippen LogP contribution in [-0.2, 0) is 13.0 Å². The third kappa shape index (κ3) is 3.95. The number of hydrogen-bond acceptors (Lipinski definition) is 4. The van der Waals surface area contributed by atoms with Crippen LogP contribution in [0.4, 0.5) is 0 Å². The Kier molecular flexibility index (Phi) is 5.58. The first-order valence-corrected chi connectivity index (χ1v) is 7.55. The summed E-state index contributed by atoms with van der Waals surface area (Å²) >= 11 is 12.3. The lowest BCUT2D eigenvalue weighted by Crippen LogP contribution is -2.31. The van der Waals surface area contributed by atoms with E-state index in [2.05, 4.69) is 29.4 Å². The predicted octanol–water partition coefficient (Wildman–Crippen LogP) is 2.99. The van der Waals surface area contributed by atoms with Gasteiger partial charge in [0, 0.05) is 13.0 Å². The molecule has 2 aromatic rings. The average molecular weight is 328 g/mol. The molecule has 1 aromatic carbocycles. The Balaban J connectivity index is 2.24. The van der Waals surface area contributed by atoms with Crippen molar-refractivity contribution in [1.82, 2.24) is 20.2 Å². The van der Waals surface area contributed by atoms with Crippen LogP contribution in [0, 0.1) is 5.92 Å². The number of hydrazine groups is 1. The highest BCUT2D eigenvalue weighted by Crippen LogP contribution is 2.30. The largest absolute Gasteiger partial charge is 0.271 e. The van der Waals surface area contributed by atoms with Crippen molar-refractivity contribution in [2.45, 2.75) is 32.9 Å². The SMILES string of the molecule is CC(C)Cn1ncnc1CC(NN)c1cccc(Cl)c1Cl. The van der Waals surface area contributed by atoms with Crippen LogP contribution in [0.2, 0.25) is 10.0 Å². The van der Waals surface area contributed by atoms with Gasteiger partial charge in [-0.25, -0.2) is 9.67 Å². The van der Waals surface area contributed by atoms with E-state index in [1.807, 2.05) is 16.8 Å². The molecule has 0 aliphatic rings. The molecule has 114 valence electrons. The Bertz CT molecular complexity index is 597. The summed E-state index contributed by atoms with van der Waals surface area (Å²) in [5, 5.41) is 5.28. The lowest BCUT2D eigenvalue weighted by atomic mass is 10.0. The van der Waals surface area contributed by atoms with Crippen LogP contribution in [0.25, 0.3) is 0 Å². The molecule has 0 fully saturated rings. The van der Waals surface area contributed by atoms with Gasteiger partial charge in [0.2, 0.25) is 0 Å². The highest BCUT2D eigenvalue weighted by molar-refractivity contribution is 6.42. The average Bonchev–Trinajstić information content (AvgIpc) is 2.86. The zero-order valence-electron chi connectivity index (χ0n) is 12.1. The molecule has 1 atom stereocenters. The molecule has 1 unspecified atom stereocenters. The van der Waals surface area contributed by atoms with E-state index in [1.165, 1.54) is 0 Å². The fourth-order valence-electron chi connectivity index (χ4n) is 2.18. The van der Waals surface area contributed by atoms with Gasteiger partial charge >= 0.3 is 0 Å². The molecule has 21 heavy (non-hydrogen) atoms. The van der Waals surface area contributed by atoms with Crippen molar-refractivity contribution in [3.8, 4) is 0 Å². The highest BCUT2D eigenvalue weighted by Gasteiger charge is 2.18. The third-order valence-corrected chi connectivity index (χ3v) is 4.01. The zero-order chi connectivity index (χ0) is 15.4. The van der Waals surface area contributed by atoms with Crippen molar-refractivity contribution in [3.05, 3.63) is 46.0 Å². The van der Waals surface area contributed by atoms with Gasteiger partial charge in [0.05, 0.1) is 16.1 Å². The number of hydrogen-bond donors (Lipinski definition) is 2. The molecule has 0 bridgehead atoms. The molecular weight excluding hydrogens is 309 g/mol. The quantitative estimate of drug-likeness (QED) is 0.632. The molecule has 0 saturated carbocycles. The molecule has 0 saturated heterocycles. The number of rotatable bonds is 6. The van der Waals surface area contributed by atoms with Crippen molar-refractivity contribution in [1.29, 1.82) is 0 Å². The Morgan fingerprint density at radius 1 is 1.33 bits per heavy atom.